The summed E-state index contributed by atoms with van der Waals surface area (Å²) < 4.78 is 0. The second-order valence-corrected chi connectivity index (χ2v) is 7.57. The summed E-state index contributed by atoms with van der Waals surface area (Å²) >= 11 is 1.82. The number of fused-ring (bicyclic) bond motifs is 1. The fourth-order valence-electron chi connectivity index (χ4n) is 3.49. The van der Waals surface area contributed by atoms with Crippen molar-refractivity contribution < 1.29 is 4.79 Å². The molecule has 0 amide bonds. The lowest BCUT2D eigenvalue weighted by Crippen LogP contribution is -2.17. The Balaban J connectivity index is 1.72. The first-order chi connectivity index (χ1) is 9.15. The highest BCUT2D eigenvalue weighted by Gasteiger charge is 2.29. The number of rotatable bonds is 2. The molecule has 1 heterocycles. The molecule has 0 aromatic carbocycles. The number of carbonyl (C=O) groups excluding carboxylic acids is 1. The zero-order chi connectivity index (χ0) is 13.4. The SMILES string of the molecule is CC(C)C1CCC(c2nc3c(s2)CCCC3=O)CC1. The van der Waals surface area contributed by atoms with Crippen molar-refractivity contribution in [3.05, 3.63) is 15.6 Å². The Morgan fingerprint density at radius 3 is 2.53 bits per heavy atom. The Morgan fingerprint density at radius 2 is 1.89 bits per heavy atom. The van der Waals surface area contributed by atoms with Crippen molar-refractivity contribution in [3.8, 4) is 0 Å². The standard InChI is InChI=1S/C16H23NOS/c1-10(2)11-6-8-12(9-7-11)16-17-15-13(18)4-3-5-14(15)19-16/h10-12H,3-9H2,1-2H3. The van der Waals surface area contributed by atoms with Gasteiger partial charge in [-0.2, -0.15) is 0 Å². The van der Waals surface area contributed by atoms with Crippen LogP contribution in [-0.2, 0) is 6.42 Å². The van der Waals surface area contributed by atoms with E-state index < -0.39 is 0 Å². The molecule has 0 unspecified atom stereocenters. The molecular formula is C16H23NOS. The van der Waals surface area contributed by atoms with Crippen molar-refractivity contribution >= 4 is 17.1 Å². The lowest BCUT2D eigenvalue weighted by Gasteiger charge is -2.29. The van der Waals surface area contributed by atoms with Crippen LogP contribution in [0.1, 0.15) is 78.7 Å². The highest BCUT2D eigenvalue weighted by Crippen LogP contribution is 2.41. The average molecular weight is 277 g/mol. The minimum atomic E-state index is 0.277. The molecule has 0 N–H and O–H groups in total. The summed E-state index contributed by atoms with van der Waals surface area (Å²) in [6.45, 7) is 4.68. The van der Waals surface area contributed by atoms with E-state index in [1.54, 1.807) is 0 Å². The van der Waals surface area contributed by atoms with E-state index in [0.29, 0.717) is 12.3 Å². The monoisotopic (exact) mass is 277 g/mol. The van der Waals surface area contributed by atoms with E-state index in [1.807, 2.05) is 11.3 Å². The smallest absolute Gasteiger partial charge is 0.182 e. The van der Waals surface area contributed by atoms with Crippen molar-refractivity contribution in [2.75, 3.05) is 0 Å². The number of nitrogens with zero attached hydrogens (tertiary/aromatic N) is 1. The van der Waals surface area contributed by atoms with E-state index in [9.17, 15) is 4.79 Å². The Hall–Kier alpha value is -0.700. The largest absolute Gasteiger partial charge is 0.292 e. The number of carbonyl (C=O) groups is 1. The number of ketones is 1. The zero-order valence-corrected chi connectivity index (χ0v) is 12.8. The molecule has 0 aliphatic heterocycles. The van der Waals surface area contributed by atoms with Crippen molar-refractivity contribution in [2.24, 2.45) is 11.8 Å². The Kier molecular flexibility index (Phi) is 3.75. The molecule has 1 aromatic heterocycles. The first-order valence-electron chi connectivity index (χ1n) is 7.68. The number of aromatic nitrogens is 1. The van der Waals surface area contributed by atoms with Crippen LogP contribution >= 0.6 is 11.3 Å². The van der Waals surface area contributed by atoms with Crippen molar-refractivity contribution in [3.63, 3.8) is 0 Å². The van der Waals surface area contributed by atoms with E-state index in [2.05, 4.69) is 13.8 Å². The fourth-order valence-corrected chi connectivity index (χ4v) is 4.79. The van der Waals surface area contributed by atoms with Crippen LogP contribution in [0.15, 0.2) is 0 Å². The van der Waals surface area contributed by atoms with Gasteiger partial charge in [-0.05, 0) is 50.4 Å². The van der Waals surface area contributed by atoms with Gasteiger partial charge in [0.25, 0.3) is 0 Å². The van der Waals surface area contributed by atoms with Gasteiger partial charge in [-0.15, -0.1) is 11.3 Å². The minimum Gasteiger partial charge on any atom is -0.292 e. The van der Waals surface area contributed by atoms with Crippen LogP contribution in [0.3, 0.4) is 0 Å². The summed E-state index contributed by atoms with van der Waals surface area (Å²) in [6.07, 6.45) is 8.00. The summed E-state index contributed by atoms with van der Waals surface area (Å²) in [5.74, 6) is 2.61. The molecule has 0 radical (unpaired) electrons. The maximum atomic E-state index is 11.9. The molecule has 0 saturated heterocycles. The molecule has 1 fully saturated rings. The lowest BCUT2D eigenvalue weighted by molar-refractivity contribution is 0.0968. The van der Waals surface area contributed by atoms with E-state index in [-0.39, 0.29) is 5.78 Å². The number of Topliss-reactive ketones (excluding diaryl/α,β-unsaturated/α-hetero) is 1. The molecule has 19 heavy (non-hydrogen) atoms. The van der Waals surface area contributed by atoms with Crippen LogP contribution < -0.4 is 0 Å². The predicted molar refractivity (Wildman–Crippen MR) is 78.9 cm³/mol. The highest BCUT2D eigenvalue weighted by atomic mass is 32.1. The van der Waals surface area contributed by atoms with Crippen molar-refractivity contribution in [1.82, 2.24) is 4.98 Å². The molecule has 0 spiro atoms. The van der Waals surface area contributed by atoms with Gasteiger partial charge in [0, 0.05) is 17.2 Å². The molecule has 0 bridgehead atoms. The van der Waals surface area contributed by atoms with Crippen LogP contribution in [0.4, 0.5) is 0 Å². The molecule has 1 saturated carbocycles. The summed E-state index contributed by atoms with van der Waals surface area (Å²) in [5, 5.41) is 1.25. The summed E-state index contributed by atoms with van der Waals surface area (Å²) in [4.78, 5) is 17.8. The normalized spacial score (nSPS) is 27.6. The van der Waals surface area contributed by atoms with Gasteiger partial charge in [0.2, 0.25) is 0 Å². The first kappa shape index (κ1) is 13.3. The third kappa shape index (κ3) is 2.62. The Labute approximate surface area is 119 Å². The van der Waals surface area contributed by atoms with Gasteiger partial charge in [0.15, 0.2) is 5.78 Å². The van der Waals surface area contributed by atoms with Gasteiger partial charge in [0.1, 0.15) is 5.69 Å². The number of hydrogen-bond acceptors (Lipinski definition) is 3. The molecule has 2 aliphatic rings. The molecule has 2 nitrogen and oxygen atoms in total. The third-order valence-electron chi connectivity index (χ3n) is 4.85. The maximum absolute atomic E-state index is 11.9. The molecule has 1 aromatic rings. The zero-order valence-electron chi connectivity index (χ0n) is 11.9. The van der Waals surface area contributed by atoms with E-state index in [4.69, 9.17) is 4.98 Å². The van der Waals surface area contributed by atoms with Gasteiger partial charge < -0.3 is 0 Å². The molecule has 104 valence electrons. The second-order valence-electron chi connectivity index (χ2n) is 6.46. The topological polar surface area (TPSA) is 30.0 Å². The van der Waals surface area contributed by atoms with Crippen LogP contribution in [0.25, 0.3) is 0 Å². The summed E-state index contributed by atoms with van der Waals surface area (Å²) in [5.41, 5.74) is 0.817. The molecule has 3 rings (SSSR count). The van der Waals surface area contributed by atoms with Gasteiger partial charge in [0.05, 0.1) is 5.01 Å². The molecule has 2 aliphatic carbocycles. The summed E-state index contributed by atoms with van der Waals surface area (Å²) in [7, 11) is 0. The summed E-state index contributed by atoms with van der Waals surface area (Å²) in [6, 6.07) is 0. The first-order valence-corrected chi connectivity index (χ1v) is 8.49. The van der Waals surface area contributed by atoms with E-state index >= 15 is 0 Å². The molecular weight excluding hydrogens is 254 g/mol. The molecule has 0 atom stereocenters. The van der Waals surface area contributed by atoms with Crippen molar-refractivity contribution in [2.45, 2.75) is 64.7 Å². The van der Waals surface area contributed by atoms with Crippen LogP contribution in [0.5, 0.6) is 0 Å². The molecule has 3 heteroatoms. The lowest BCUT2D eigenvalue weighted by atomic mass is 9.77. The van der Waals surface area contributed by atoms with Crippen LogP contribution in [-0.4, -0.2) is 10.8 Å². The maximum Gasteiger partial charge on any atom is 0.182 e. The third-order valence-corrected chi connectivity index (χ3v) is 6.13. The average Bonchev–Trinajstić information content (AvgIpc) is 2.84. The fraction of sp³-hybridized carbons (Fsp3) is 0.750. The van der Waals surface area contributed by atoms with Gasteiger partial charge in [-0.25, -0.2) is 4.98 Å². The highest BCUT2D eigenvalue weighted by molar-refractivity contribution is 7.12. The number of hydrogen-bond donors (Lipinski definition) is 0. The van der Waals surface area contributed by atoms with Crippen LogP contribution in [0.2, 0.25) is 0 Å². The van der Waals surface area contributed by atoms with Gasteiger partial charge >= 0.3 is 0 Å². The van der Waals surface area contributed by atoms with Crippen LogP contribution in [0, 0.1) is 11.8 Å². The minimum absolute atomic E-state index is 0.277. The van der Waals surface area contributed by atoms with Gasteiger partial charge in [-0.3, -0.25) is 4.79 Å². The Bertz CT molecular complexity index is 469. The number of aryl methyl sites for hydroxylation is 1. The van der Waals surface area contributed by atoms with E-state index in [0.717, 1.165) is 30.4 Å². The quantitative estimate of drug-likeness (QED) is 0.791. The van der Waals surface area contributed by atoms with Gasteiger partial charge in [-0.1, -0.05) is 13.8 Å². The van der Waals surface area contributed by atoms with E-state index in [1.165, 1.54) is 35.6 Å². The Morgan fingerprint density at radius 1 is 1.16 bits per heavy atom. The second kappa shape index (κ2) is 5.35. The van der Waals surface area contributed by atoms with Crippen molar-refractivity contribution in [1.29, 1.82) is 0 Å². The predicted octanol–water partition coefficient (Wildman–Crippen LogP) is 4.59. The number of thiazole rings is 1.